The minimum atomic E-state index is -1.34. The van der Waals surface area contributed by atoms with Crippen LogP contribution in [0.2, 0.25) is 0 Å². The Bertz CT molecular complexity index is 2240. The van der Waals surface area contributed by atoms with Crippen LogP contribution < -0.4 is 16.6 Å². The Labute approximate surface area is 328 Å². The van der Waals surface area contributed by atoms with E-state index in [0.29, 0.717) is 41.1 Å². The normalized spacial score (nSPS) is 10.4. The van der Waals surface area contributed by atoms with Crippen molar-refractivity contribution in [2.45, 2.75) is 72.4 Å². The molecule has 0 saturated heterocycles. The van der Waals surface area contributed by atoms with Crippen molar-refractivity contribution in [2.24, 2.45) is 0 Å². The van der Waals surface area contributed by atoms with Crippen LogP contribution in [0.1, 0.15) is 54.8 Å². The largest absolute Gasteiger partial charge is 0.488 e. The van der Waals surface area contributed by atoms with Gasteiger partial charge in [0, 0.05) is 29.1 Å². The molecule has 2 heterocycles. The highest BCUT2D eigenvalue weighted by atomic mass is 16.4. The number of hydrogen-bond acceptors (Lipinski definition) is 8. The number of ketones is 2. The molecule has 2 aromatic heterocycles. The SMILES string of the molecule is CC(=O)Cn1c(-c2ccccc2)ncc(CCCc2ccccc2)c1=O.CC(=O)Cn1c(C)ncc(CCCc2ccccc2)c1=O.OB(O)c1ccccc1. The molecule has 0 aliphatic rings. The third-order valence-electron chi connectivity index (χ3n) is 8.84. The van der Waals surface area contributed by atoms with Gasteiger partial charge < -0.3 is 10.0 Å². The highest BCUT2D eigenvalue weighted by Crippen LogP contribution is 2.16. The van der Waals surface area contributed by atoms with Gasteiger partial charge in [-0.25, -0.2) is 9.97 Å². The molecule has 0 fully saturated rings. The summed E-state index contributed by atoms with van der Waals surface area (Å²) in [5, 5.41) is 17.2. The van der Waals surface area contributed by atoms with Crippen molar-refractivity contribution in [3.8, 4) is 11.4 Å². The lowest BCUT2D eigenvalue weighted by Crippen LogP contribution is -2.29. The minimum absolute atomic E-state index is 0.0385. The molecule has 0 radical (unpaired) electrons. The van der Waals surface area contributed by atoms with Crippen LogP contribution in [0.15, 0.2) is 143 Å². The number of carbonyl (C=O) groups excluding carboxylic acids is 2. The van der Waals surface area contributed by atoms with Gasteiger partial charge in [-0.2, -0.15) is 0 Å². The first kappa shape index (κ1) is 42.7. The number of nitrogens with zero attached hydrogens (tertiary/aromatic N) is 4. The van der Waals surface area contributed by atoms with E-state index in [2.05, 4.69) is 34.2 Å². The molecule has 0 spiro atoms. The third kappa shape index (κ3) is 13.7. The maximum Gasteiger partial charge on any atom is 0.488 e. The first-order chi connectivity index (χ1) is 27.0. The van der Waals surface area contributed by atoms with E-state index in [9.17, 15) is 19.2 Å². The molecule has 0 unspecified atom stereocenters. The van der Waals surface area contributed by atoms with Gasteiger partial charge in [0.05, 0.1) is 13.1 Å². The number of rotatable bonds is 14. The zero-order valence-corrected chi connectivity index (χ0v) is 32.3. The standard InChI is InChI=1S/C22H22N2O2.C17H20N2O2.C6H7BO2/c1-17(25)16-24-21(19-12-6-3-7-13-19)23-15-20(22(24)26)14-8-11-18-9-4-2-5-10-18;1-13(20)12-19-14(2)18-11-16(17(19)21)10-6-9-15-7-4-3-5-8-15;8-7(9)6-4-2-1-3-5-6/h2-7,9-10,12-13,15H,8,11,14,16H2,1H3;3-5,7-8,11H,6,9-10,12H2,1-2H3;1-5,8-9H. The number of Topliss-reactive ketones (excluding diaryl/α,β-unsaturated/α-hetero) is 2. The maximum atomic E-state index is 12.9. The predicted molar refractivity (Wildman–Crippen MR) is 222 cm³/mol. The van der Waals surface area contributed by atoms with Crippen LogP contribution in [0.4, 0.5) is 0 Å². The van der Waals surface area contributed by atoms with Crippen molar-refractivity contribution in [3.63, 3.8) is 0 Å². The van der Waals surface area contributed by atoms with E-state index in [1.165, 1.54) is 34.1 Å². The fraction of sp³-hybridized carbons (Fsp3) is 0.244. The molecule has 2 N–H and O–H groups in total. The molecule has 4 aromatic carbocycles. The van der Waals surface area contributed by atoms with E-state index in [1.807, 2.05) is 72.8 Å². The minimum Gasteiger partial charge on any atom is -0.423 e. The van der Waals surface area contributed by atoms with Gasteiger partial charge in [-0.1, -0.05) is 121 Å². The van der Waals surface area contributed by atoms with Crippen LogP contribution >= 0.6 is 0 Å². The van der Waals surface area contributed by atoms with Gasteiger partial charge in [0.15, 0.2) is 0 Å². The molecule has 288 valence electrons. The fourth-order valence-electron chi connectivity index (χ4n) is 5.97. The van der Waals surface area contributed by atoms with Gasteiger partial charge in [0.2, 0.25) is 0 Å². The van der Waals surface area contributed by atoms with Crippen molar-refractivity contribution < 1.29 is 19.6 Å². The summed E-state index contributed by atoms with van der Waals surface area (Å²) in [6.45, 7) is 4.86. The summed E-state index contributed by atoms with van der Waals surface area (Å²) in [7, 11) is -1.34. The zero-order chi connectivity index (χ0) is 40.3. The van der Waals surface area contributed by atoms with Crippen molar-refractivity contribution >= 4 is 24.1 Å². The first-order valence-electron chi connectivity index (χ1n) is 18.7. The molecule has 6 aromatic rings. The molecule has 10 nitrogen and oxygen atoms in total. The van der Waals surface area contributed by atoms with E-state index in [-0.39, 0.29) is 35.8 Å². The maximum absolute atomic E-state index is 12.9. The van der Waals surface area contributed by atoms with Crippen LogP contribution in [0, 0.1) is 6.92 Å². The lowest BCUT2D eigenvalue weighted by atomic mass is 9.81. The molecular formula is C45H49BN4O6. The van der Waals surface area contributed by atoms with Gasteiger partial charge in [-0.05, 0) is 75.9 Å². The number of aryl methyl sites for hydroxylation is 5. The van der Waals surface area contributed by atoms with Crippen LogP contribution in [0.5, 0.6) is 0 Å². The van der Waals surface area contributed by atoms with E-state index in [0.717, 1.165) is 31.2 Å². The summed E-state index contributed by atoms with van der Waals surface area (Å²) in [4.78, 5) is 56.9. The van der Waals surface area contributed by atoms with Gasteiger partial charge in [-0.3, -0.25) is 28.3 Å². The second kappa shape index (κ2) is 22.4. The molecule has 0 atom stereocenters. The highest BCUT2D eigenvalue weighted by Gasteiger charge is 2.14. The summed E-state index contributed by atoms with van der Waals surface area (Å²) < 4.78 is 2.95. The second-order valence-corrected chi connectivity index (χ2v) is 13.5. The van der Waals surface area contributed by atoms with Gasteiger partial charge >= 0.3 is 7.12 Å². The van der Waals surface area contributed by atoms with Crippen molar-refractivity contribution in [1.29, 1.82) is 0 Å². The lowest BCUT2D eigenvalue weighted by Gasteiger charge is -2.12. The van der Waals surface area contributed by atoms with Gasteiger partial charge in [0.1, 0.15) is 23.2 Å². The zero-order valence-electron chi connectivity index (χ0n) is 32.3. The van der Waals surface area contributed by atoms with Gasteiger partial charge in [-0.15, -0.1) is 0 Å². The highest BCUT2D eigenvalue weighted by molar-refractivity contribution is 6.58. The van der Waals surface area contributed by atoms with E-state index < -0.39 is 7.12 Å². The smallest absolute Gasteiger partial charge is 0.423 e. The molecule has 6 rings (SSSR count). The molecule has 0 aliphatic heterocycles. The Morgan fingerprint density at radius 1 is 0.571 bits per heavy atom. The monoisotopic (exact) mass is 752 g/mol. The van der Waals surface area contributed by atoms with Crippen molar-refractivity contribution in [2.75, 3.05) is 0 Å². The van der Waals surface area contributed by atoms with Gasteiger partial charge in [0.25, 0.3) is 11.1 Å². The number of carbonyl (C=O) groups is 2. The molecule has 0 saturated carbocycles. The number of benzene rings is 4. The third-order valence-corrected chi connectivity index (χ3v) is 8.84. The Morgan fingerprint density at radius 3 is 1.43 bits per heavy atom. The summed E-state index contributed by atoms with van der Waals surface area (Å²) in [6, 6.07) is 38.6. The summed E-state index contributed by atoms with van der Waals surface area (Å²) in [5.41, 5.74) is 5.00. The number of hydrogen-bond donors (Lipinski definition) is 2. The second-order valence-electron chi connectivity index (χ2n) is 13.5. The van der Waals surface area contributed by atoms with E-state index in [4.69, 9.17) is 10.0 Å². The number of aromatic nitrogens is 4. The lowest BCUT2D eigenvalue weighted by molar-refractivity contribution is -0.118. The summed E-state index contributed by atoms with van der Waals surface area (Å²) >= 11 is 0. The predicted octanol–water partition coefficient (Wildman–Crippen LogP) is 5.36. The molecule has 0 bridgehead atoms. The van der Waals surface area contributed by atoms with Crippen LogP contribution in [-0.4, -0.2) is 47.8 Å². The Hall–Kier alpha value is -6.04. The Balaban J connectivity index is 0.000000207. The molecule has 56 heavy (non-hydrogen) atoms. The van der Waals surface area contributed by atoms with Crippen LogP contribution in [0.25, 0.3) is 11.4 Å². The summed E-state index contributed by atoms with van der Waals surface area (Å²) in [5.74, 6) is 1.02. The quantitative estimate of drug-likeness (QED) is 0.142. The molecular weight excluding hydrogens is 703 g/mol. The van der Waals surface area contributed by atoms with E-state index >= 15 is 0 Å². The summed E-state index contributed by atoms with van der Waals surface area (Å²) in [6.07, 6.45) is 8.22. The van der Waals surface area contributed by atoms with Crippen LogP contribution in [0.3, 0.4) is 0 Å². The Kier molecular flexibility index (Phi) is 17.1. The fourth-order valence-corrected chi connectivity index (χ4v) is 5.97. The first-order valence-corrected chi connectivity index (χ1v) is 18.7. The topological polar surface area (TPSA) is 144 Å². The average molecular weight is 753 g/mol. The van der Waals surface area contributed by atoms with E-state index in [1.54, 1.807) is 43.6 Å². The Morgan fingerprint density at radius 2 is 0.982 bits per heavy atom. The van der Waals surface area contributed by atoms with Crippen LogP contribution in [-0.2, 0) is 48.4 Å². The van der Waals surface area contributed by atoms with Crippen molar-refractivity contribution in [1.82, 2.24) is 19.1 Å². The van der Waals surface area contributed by atoms with Crippen molar-refractivity contribution in [3.05, 3.63) is 183 Å². The molecule has 0 amide bonds. The molecule has 11 heteroatoms. The molecule has 0 aliphatic carbocycles. The average Bonchev–Trinajstić information content (AvgIpc) is 3.20.